The zero-order chi connectivity index (χ0) is 37.9. The smallest absolute Gasteiger partial charge is 0.308 e. The monoisotopic (exact) mass is 706 g/mol. The van der Waals surface area contributed by atoms with Crippen molar-refractivity contribution in [2.24, 2.45) is 52.3 Å². The molecule has 4 rings (SSSR count). The molecule has 0 spiro atoms. The maximum atomic E-state index is 15.6. The van der Waals surface area contributed by atoms with Gasteiger partial charge in [-0.15, -0.1) is 0 Å². The van der Waals surface area contributed by atoms with E-state index in [1.807, 2.05) is 13.8 Å². The number of ether oxygens (including phenoxy) is 6. The van der Waals surface area contributed by atoms with Gasteiger partial charge in [0.25, 0.3) is 0 Å². The summed E-state index contributed by atoms with van der Waals surface area (Å²) >= 11 is 0. The van der Waals surface area contributed by atoms with Gasteiger partial charge < -0.3 is 28.4 Å². The van der Waals surface area contributed by atoms with Gasteiger partial charge in [0, 0.05) is 39.5 Å². The van der Waals surface area contributed by atoms with Crippen molar-refractivity contribution in [1.29, 1.82) is 0 Å². The summed E-state index contributed by atoms with van der Waals surface area (Å²) in [6, 6.07) is 0. The van der Waals surface area contributed by atoms with E-state index in [1.165, 1.54) is 13.8 Å². The van der Waals surface area contributed by atoms with Crippen molar-refractivity contribution in [3.8, 4) is 0 Å². The Bertz CT molecular complexity index is 1430. The van der Waals surface area contributed by atoms with Crippen LogP contribution in [0.15, 0.2) is 0 Å². The lowest BCUT2D eigenvalue weighted by atomic mass is 9.55. The Kier molecular flexibility index (Phi) is 10.7. The highest BCUT2D eigenvalue weighted by Gasteiger charge is 2.85. The van der Waals surface area contributed by atoms with Crippen molar-refractivity contribution < 1.29 is 62.0 Å². The Morgan fingerprint density at radius 1 is 0.800 bits per heavy atom. The van der Waals surface area contributed by atoms with E-state index in [-0.39, 0.29) is 25.2 Å². The number of esters is 6. The van der Waals surface area contributed by atoms with Crippen LogP contribution >= 0.6 is 0 Å². The molecule has 0 N–H and O–H groups in total. The lowest BCUT2D eigenvalue weighted by Gasteiger charge is -2.55. The molecule has 0 bridgehead atoms. The van der Waals surface area contributed by atoms with E-state index in [4.69, 9.17) is 28.4 Å². The van der Waals surface area contributed by atoms with Crippen LogP contribution in [0.4, 0.5) is 0 Å². The number of carbonyl (C=O) groups excluding carboxylic acids is 7. The first-order chi connectivity index (χ1) is 23.0. The van der Waals surface area contributed by atoms with Gasteiger partial charge in [-0.1, -0.05) is 55.4 Å². The molecule has 0 amide bonds. The first-order valence-electron chi connectivity index (χ1n) is 17.7. The first-order valence-corrected chi connectivity index (χ1v) is 17.7. The van der Waals surface area contributed by atoms with E-state index >= 15 is 4.79 Å². The van der Waals surface area contributed by atoms with Gasteiger partial charge in [0.05, 0.1) is 23.2 Å². The average Bonchev–Trinajstić information content (AvgIpc) is 3.43. The number of fused-ring (bicyclic) bond motifs is 4. The Hall–Kier alpha value is -3.51. The van der Waals surface area contributed by atoms with E-state index in [2.05, 4.69) is 0 Å². The highest BCUT2D eigenvalue weighted by atomic mass is 16.6. The van der Waals surface area contributed by atoms with Gasteiger partial charge in [0.15, 0.2) is 11.2 Å². The van der Waals surface area contributed by atoms with Crippen LogP contribution in [0.25, 0.3) is 0 Å². The molecule has 0 aromatic rings. The fourth-order valence-electron chi connectivity index (χ4n) is 9.68. The molecule has 0 heterocycles. The fraction of sp³-hybridized carbons (Fsp3) is 0.811. The van der Waals surface area contributed by atoms with Crippen LogP contribution < -0.4 is 0 Å². The summed E-state index contributed by atoms with van der Waals surface area (Å²) in [5, 5.41) is 0. The molecule has 0 aromatic carbocycles. The molecule has 13 heteroatoms. The van der Waals surface area contributed by atoms with Gasteiger partial charge in [-0.25, -0.2) is 0 Å². The second-order valence-electron chi connectivity index (χ2n) is 16.2. The zero-order valence-electron chi connectivity index (χ0n) is 31.4. The molecular formula is C37H54O13. The van der Waals surface area contributed by atoms with Crippen molar-refractivity contribution in [1.82, 2.24) is 0 Å². The largest absolute Gasteiger partial charge is 0.465 e. The van der Waals surface area contributed by atoms with E-state index < -0.39 is 124 Å². The second kappa shape index (κ2) is 13.6. The highest BCUT2D eigenvalue weighted by Crippen LogP contribution is 2.76. The van der Waals surface area contributed by atoms with Crippen molar-refractivity contribution in [2.75, 3.05) is 6.61 Å². The molecule has 0 radical (unpaired) electrons. The fourth-order valence-corrected chi connectivity index (χ4v) is 9.68. The molecule has 0 aliphatic heterocycles. The summed E-state index contributed by atoms with van der Waals surface area (Å²) in [6.07, 6.45) is -3.82. The Labute approximate surface area is 294 Å². The average molecular weight is 707 g/mol. The summed E-state index contributed by atoms with van der Waals surface area (Å²) in [4.78, 5) is 95.2. The Morgan fingerprint density at radius 3 is 1.88 bits per heavy atom. The number of Topliss-reactive ketones (excluding diaryl/α,β-unsaturated/α-hetero) is 1. The number of hydrogen-bond donors (Lipinski definition) is 0. The maximum Gasteiger partial charge on any atom is 0.308 e. The molecule has 4 aliphatic rings. The van der Waals surface area contributed by atoms with Crippen LogP contribution in [0.5, 0.6) is 0 Å². The SMILES string of the molecule is CCC(=O)O[C@@H]1[C@@H]2[C@@H](OC(=O)C(C)C)[C@@]3(COC(=O)C(C)C)[C@@H]([C@@H]4[C@H](C[C@H]3OC(C)=O)C4(C)C)[C@](C)(OC(C)=O)C(=O)[C@@]2(OC(C)=O)C[C@@H]1C. The lowest BCUT2D eigenvalue weighted by Crippen LogP contribution is -2.66. The highest BCUT2D eigenvalue weighted by molar-refractivity contribution is 5.99. The quantitative estimate of drug-likeness (QED) is 0.234. The third kappa shape index (κ3) is 6.31. The molecule has 4 fully saturated rings. The minimum Gasteiger partial charge on any atom is -0.465 e. The van der Waals surface area contributed by atoms with Gasteiger partial charge in [-0.2, -0.15) is 0 Å². The Balaban J connectivity index is 2.24. The molecule has 4 aliphatic carbocycles. The van der Waals surface area contributed by atoms with E-state index in [0.717, 1.165) is 13.8 Å². The number of ketones is 1. The minimum absolute atomic E-state index is 0.0279. The van der Waals surface area contributed by atoms with Gasteiger partial charge in [-0.3, -0.25) is 33.6 Å². The molecule has 0 aromatic heterocycles. The molecule has 280 valence electrons. The van der Waals surface area contributed by atoms with E-state index in [9.17, 15) is 28.8 Å². The predicted molar refractivity (Wildman–Crippen MR) is 174 cm³/mol. The Morgan fingerprint density at radius 2 is 1.38 bits per heavy atom. The third-order valence-corrected chi connectivity index (χ3v) is 11.7. The topological polar surface area (TPSA) is 175 Å². The molecular weight excluding hydrogens is 652 g/mol. The molecule has 11 atom stereocenters. The van der Waals surface area contributed by atoms with E-state index in [0.29, 0.717) is 0 Å². The van der Waals surface area contributed by atoms with Crippen LogP contribution in [0, 0.1) is 52.3 Å². The summed E-state index contributed by atoms with van der Waals surface area (Å²) in [5.74, 6) is -10.1. The van der Waals surface area contributed by atoms with Gasteiger partial charge in [0.2, 0.25) is 5.78 Å². The van der Waals surface area contributed by atoms with Crippen molar-refractivity contribution in [2.45, 2.75) is 132 Å². The molecule has 13 nitrogen and oxygen atoms in total. The van der Waals surface area contributed by atoms with Gasteiger partial charge >= 0.3 is 35.8 Å². The van der Waals surface area contributed by atoms with Crippen LogP contribution in [-0.4, -0.2) is 77.7 Å². The van der Waals surface area contributed by atoms with Crippen LogP contribution in [0.2, 0.25) is 0 Å². The third-order valence-electron chi connectivity index (χ3n) is 11.7. The van der Waals surface area contributed by atoms with E-state index in [1.54, 1.807) is 41.5 Å². The summed E-state index contributed by atoms with van der Waals surface area (Å²) < 4.78 is 37.0. The molecule has 0 saturated heterocycles. The second-order valence-corrected chi connectivity index (χ2v) is 16.2. The van der Waals surface area contributed by atoms with Gasteiger partial charge in [0.1, 0.15) is 24.9 Å². The zero-order valence-corrected chi connectivity index (χ0v) is 31.4. The first kappa shape index (κ1) is 39.3. The van der Waals surface area contributed by atoms with Crippen molar-refractivity contribution in [3.05, 3.63) is 0 Å². The number of carbonyl (C=O) groups is 7. The van der Waals surface area contributed by atoms with Crippen LogP contribution in [0.1, 0.15) is 102 Å². The molecule has 0 unspecified atom stereocenters. The summed E-state index contributed by atoms with van der Waals surface area (Å²) in [7, 11) is 0. The van der Waals surface area contributed by atoms with Crippen LogP contribution in [0.3, 0.4) is 0 Å². The maximum absolute atomic E-state index is 15.6. The summed E-state index contributed by atoms with van der Waals surface area (Å²) in [6.45, 7) is 18.2. The van der Waals surface area contributed by atoms with Crippen molar-refractivity contribution >= 4 is 41.6 Å². The molecule has 50 heavy (non-hydrogen) atoms. The minimum atomic E-state index is -2.15. The standard InChI is InChI=1S/C37H54O13/c1-13-25(41)47-28-19(6)15-37(50-22(9)40)27(28)30(48-32(43)18(4)5)36(16-45-31(42)17(2)3)24(46-20(7)38)14-23-26(34(23,10)11)29(36)35(12,33(37)44)49-21(8)39/h17-19,23-24,26-30H,13-16H2,1-12H3/t19-,23-,24+,26-,27+,28-,29-,30+,35-,36+,37+/m0/s1. The molecule has 4 saturated carbocycles. The summed E-state index contributed by atoms with van der Waals surface area (Å²) in [5.41, 5.74) is -6.56. The van der Waals surface area contributed by atoms with Gasteiger partial charge in [-0.05, 0) is 36.5 Å². The lowest BCUT2D eigenvalue weighted by molar-refractivity contribution is -0.241. The normalized spacial score (nSPS) is 38.1. The number of rotatable bonds is 10. The van der Waals surface area contributed by atoms with Crippen molar-refractivity contribution in [3.63, 3.8) is 0 Å². The van der Waals surface area contributed by atoms with Crippen LogP contribution in [-0.2, 0) is 62.0 Å². The predicted octanol–water partition coefficient (Wildman–Crippen LogP) is 4.15. The number of hydrogen-bond acceptors (Lipinski definition) is 13.